The number of hydrogen-bond donors (Lipinski definition) is 1. The number of fused-ring (bicyclic) bond motifs is 1. The molecule has 0 atom stereocenters. The molecule has 0 aliphatic carbocycles. The summed E-state index contributed by atoms with van der Waals surface area (Å²) in [6, 6.07) is -0.155. The van der Waals surface area contributed by atoms with Gasteiger partial charge in [0.05, 0.1) is 12.3 Å². The summed E-state index contributed by atoms with van der Waals surface area (Å²) in [7, 11) is 0. The minimum Gasteiger partial charge on any atom is -0.487 e. The van der Waals surface area contributed by atoms with Gasteiger partial charge in [0.15, 0.2) is 0 Å². The first-order valence-electron chi connectivity index (χ1n) is 5.11. The van der Waals surface area contributed by atoms with E-state index in [-0.39, 0.29) is 17.3 Å². The third-order valence-electron chi connectivity index (χ3n) is 2.50. The Labute approximate surface area is 86.7 Å². The van der Waals surface area contributed by atoms with Gasteiger partial charge < -0.3 is 9.72 Å². The molecule has 0 saturated carbocycles. The minimum absolute atomic E-state index is 0.155. The van der Waals surface area contributed by atoms with Crippen LogP contribution in [0.15, 0.2) is 9.59 Å². The van der Waals surface area contributed by atoms with Crippen molar-refractivity contribution in [3.05, 3.63) is 26.5 Å². The highest BCUT2D eigenvalue weighted by atomic mass is 16.5. The van der Waals surface area contributed by atoms with Crippen molar-refractivity contribution in [2.24, 2.45) is 0 Å². The molecule has 0 aromatic carbocycles. The predicted molar refractivity (Wildman–Crippen MR) is 55.5 cm³/mol. The highest BCUT2D eigenvalue weighted by Crippen LogP contribution is 2.16. The van der Waals surface area contributed by atoms with Crippen LogP contribution in [0.25, 0.3) is 0 Å². The maximum absolute atomic E-state index is 11.9. The van der Waals surface area contributed by atoms with E-state index in [1.165, 1.54) is 4.57 Å². The van der Waals surface area contributed by atoms with Gasteiger partial charge in [0, 0.05) is 6.04 Å². The van der Waals surface area contributed by atoms with Gasteiger partial charge in [0.2, 0.25) is 5.75 Å². The highest BCUT2D eigenvalue weighted by molar-refractivity contribution is 5.26. The van der Waals surface area contributed by atoms with Gasteiger partial charge in [-0.2, -0.15) is 0 Å². The summed E-state index contributed by atoms with van der Waals surface area (Å²) in [5.74, 6) is 0.314. The minimum atomic E-state index is -0.348. The summed E-state index contributed by atoms with van der Waals surface area (Å²) in [6.45, 7) is 4.14. The lowest BCUT2D eigenvalue weighted by molar-refractivity contribution is 0.274. The molecule has 0 fully saturated rings. The molecule has 0 spiro atoms. The van der Waals surface area contributed by atoms with Crippen molar-refractivity contribution in [3.63, 3.8) is 0 Å². The van der Waals surface area contributed by atoms with Crippen LogP contribution >= 0.6 is 0 Å². The Hall–Kier alpha value is -1.52. The van der Waals surface area contributed by atoms with Crippen LogP contribution in [0.4, 0.5) is 0 Å². The van der Waals surface area contributed by atoms with Crippen LogP contribution in [-0.2, 0) is 6.42 Å². The number of hydrogen-bond acceptors (Lipinski definition) is 3. The van der Waals surface area contributed by atoms with Crippen molar-refractivity contribution < 1.29 is 4.74 Å². The third-order valence-corrected chi connectivity index (χ3v) is 2.50. The normalized spacial score (nSPS) is 14.9. The van der Waals surface area contributed by atoms with E-state index >= 15 is 0 Å². The molecule has 1 aliphatic rings. The summed E-state index contributed by atoms with van der Waals surface area (Å²) in [4.78, 5) is 26.2. The molecule has 5 nitrogen and oxygen atoms in total. The number of H-pyrrole nitrogens is 1. The van der Waals surface area contributed by atoms with E-state index in [4.69, 9.17) is 4.74 Å². The molecule has 1 N–H and O–H groups in total. The van der Waals surface area contributed by atoms with Crippen LogP contribution in [0.3, 0.4) is 0 Å². The van der Waals surface area contributed by atoms with Gasteiger partial charge in [-0.15, -0.1) is 0 Å². The van der Waals surface area contributed by atoms with Crippen molar-refractivity contribution in [2.45, 2.75) is 32.7 Å². The van der Waals surface area contributed by atoms with Gasteiger partial charge in [-0.25, -0.2) is 4.79 Å². The summed E-state index contributed by atoms with van der Waals surface area (Å²) in [5.41, 5.74) is -0.0316. The van der Waals surface area contributed by atoms with E-state index < -0.39 is 0 Å². The third kappa shape index (κ3) is 1.58. The van der Waals surface area contributed by atoms with Gasteiger partial charge in [0.25, 0.3) is 5.56 Å². The molecule has 0 amide bonds. The van der Waals surface area contributed by atoms with Crippen molar-refractivity contribution in [1.82, 2.24) is 9.55 Å². The fourth-order valence-electron chi connectivity index (χ4n) is 1.79. The predicted octanol–water partition coefficient (Wildman–Crippen LogP) is 0.442. The molecular formula is C10H14N2O3. The number of aromatic amines is 1. The summed E-state index contributed by atoms with van der Waals surface area (Å²) < 4.78 is 6.48. The molecule has 5 heteroatoms. The molecule has 0 saturated heterocycles. The molecule has 1 aromatic rings. The number of ether oxygens (including phenoxy) is 1. The SMILES string of the molecule is CC(C)n1c(=O)[nH]c2c(c1=O)OCCC2. The standard InChI is InChI=1S/C10H14N2O3/c1-6(2)12-9(13)8-7(11-10(12)14)4-3-5-15-8/h6H,3-5H2,1-2H3,(H,11,14). The van der Waals surface area contributed by atoms with Crippen LogP contribution in [0.5, 0.6) is 5.75 Å². The second-order valence-electron chi connectivity index (χ2n) is 3.96. The molecule has 0 bridgehead atoms. The number of aryl methyl sites for hydroxylation is 1. The van der Waals surface area contributed by atoms with Crippen molar-refractivity contribution in [3.8, 4) is 5.75 Å². The zero-order valence-corrected chi connectivity index (χ0v) is 8.87. The quantitative estimate of drug-likeness (QED) is 0.731. The van der Waals surface area contributed by atoms with E-state index in [0.717, 1.165) is 6.42 Å². The largest absolute Gasteiger partial charge is 0.487 e. The Kier molecular flexibility index (Phi) is 2.38. The van der Waals surface area contributed by atoms with Crippen LogP contribution in [0, 0.1) is 0 Å². The Bertz CT molecular complexity index is 484. The Morgan fingerprint density at radius 3 is 2.80 bits per heavy atom. The molecule has 82 valence electrons. The Morgan fingerprint density at radius 1 is 1.40 bits per heavy atom. The number of aromatic nitrogens is 2. The van der Waals surface area contributed by atoms with Gasteiger partial charge in [-0.3, -0.25) is 9.36 Å². The first-order chi connectivity index (χ1) is 7.11. The average Bonchev–Trinajstić information content (AvgIpc) is 2.17. The van der Waals surface area contributed by atoms with E-state index in [1.54, 1.807) is 13.8 Å². The molecule has 1 aromatic heterocycles. The molecule has 2 heterocycles. The summed E-state index contributed by atoms with van der Waals surface area (Å²) in [6.07, 6.45) is 1.55. The second-order valence-corrected chi connectivity index (χ2v) is 3.96. The topological polar surface area (TPSA) is 64.1 Å². The average molecular weight is 210 g/mol. The first kappa shape index (κ1) is 10.0. The van der Waals surface area contributed by atoms with Crippen molar-refractivity contribution >= 4 is 0 Å². The zero-order valence-electron chi connectivity index (χ0n) is 8.87. The van der Waals surface area contributed by atoms with Crippen LogP contribution in [-0.4, -0.2) is 16.2 Å². The lowest BCUT2D eigenvalue weighted by Crippen LogP contribution is -2.39. The molecule has 2 rings (SSSR count). The molecular weight excluding hydrogens is 196 g/mol. The lowest BCUT2D eigenvalue weighted by Gasteiger charge is -2.18. The fraction of sp³-hybridized carbons (Fsp3) is 0.600. The highest BCUT2D eigenvalue weighted by Gasteiger charge is 2.19. The maximum atomic E-state index is 11.9. The smallest absolute Gasteiger partial charge is 0.329 e. The maximum Gasteiger partial charge on any atom is 0.329 e. The molecule has 1 aliphatic heterocycles. The van der Waals surface area contributed by atoms with Gasteiger partial charge >= 0.3 is 5.69 Å². The molecule has 0 unspecified atom stereocenters. The summed E-state index contributed by atoms with van der Waals surface area (Å²) >= 11 is 0. The summed E-state index contributed by atoms with van der Waals surface area (Å²) in [5, 5.41) is 0. The Morgan fingerprint density at radius 2 is 2.13 bits per heavy atom. The van der Waals surface area contributed by atoms with E-state index in [2.05, 4.69) is 4.98 Å². The van der Waals surface area contributed by atoms with Gasteiger partial charge in [0.1, 0.15) is 0 Å². The van der Waals surface area contributed by atoms with E-state index in [0.29, 0.717) is 24.5 Å². The Balaban J connectivity index is 2.70. The van der Waals surface area contributed by atoms with E-state index in [1.807, 2.05) is 0 Å². The molecule has 15 heavy (non-hydrogen) atoms. The van der Waals surface area contributed by atoms with Gasteiger partial charge in [-0.1, -0.05) is 0 Å². The van der Waals surface area contributed by atoms with Crippen molar-refractivity contribution in [2.75, 3.05) is 6.61 Å². The number of nitrogens with one attached hydrogen (secondary N) is 1. The monoisotopic (exact) mass is 210 g/mol. The number of rotatable bonds is 1. The van der Waals surface area contributed by atoms with Gasteiger partial charge in [-0.05, 0) is 26.7 Å². The zero-order chi connectivity index (χ0) is 11.0. The van der Waals surface area contributed by atoms with Crippen LogP contribution in [0.2, 0.25) is 0 Å². The second kappa shape index (κ2) is 3.56. The lowest BCUT2D eigenvalue weighted by atomic mass is 10.2. The van der Waals surface area contributed by atoms with E-state index in [9.17, 15) is 9.59 Å². The number of nitrogens with zero attached hydrogens (tertiary/aromatic N) is 1. The van der Waals surface area contributed by atoms with Crippen LogP contribution in [0.1, 0.15) is 32.0 Å². The molecule has 0 radical (unpaired) electrons. The fourth-order valence-corrected chi connectivity index (χ4v) is 1.79. The van der Waals surface area contributed by atoms with Crippen LogP contribution < -0.4 is 16.0 Å². The first-order valence-corrected chi connectivity index (χ1v) is 5.11. The van der Waals surface area contributed by atoms with Crippen molar-refractivity contribution in [1.29, 1.82) is 0 Å².